The van der Waals surface area contributed by atoms with Crippen molar-refractivity contribution in [3.8, 4) is 0 Å². The Bertz CT molecular complexity index is 598. The van der Waals surface area contributed by atoms with Crippen molar-refractivity contribution in [3.05, 3.63) is 35.4 Å². The monoisotopic (exact) mass is 321 g/mol. The molecule has 1 fully saturated rings. The van der Waals surface area contributed by atoms with Crippen molar-refractivity contribution < 1.29 is 21.6 Å². The van der Waals surface area contributed by atoms with Crippen LogP contribution in [0.3, 0.4) is 0 Å². The summed E-state index contributed by atoms with van der Waals surface area (Å²) in [5, 5.41) is 2.48. The van der Waals surface area contributed by atoms with E-state index in [9.17, 15) is 21.6 Å². The fraction of sp³-hybridized carbons (Fsp3) is 0.571. The summed E-state index contributed by atoms with van der Waals surface area (Å²) >= 11 is 0. The molecule has 0 spiro atoms. The Hall–Kier alpha value is -1.08. The second-order valence-electron chi connectivity index (χ2n) is 5.44. The van der Waals surface area contributed by atoms with Gasteiger partial charge in [-0.1, -0.05) is 24.6 Å². The van der Waals surface area contributed by atoms with Gasteiger partial charge in [-0.3, -0.25) is 0 Å². The fourth-order valence-electron chi connectivity index (χ4n) is 2.86. The average Bonchev–Trinajstić information content (AvgIpc) is 2.84. The highest BCUT2D eigenvalue weighted by Gasteiger charge is 2.36. The molecule has 1 aliphatic rings. The van der Waals surface area contributed by atoms with Crippen LogP contribution in [-0.4, -0.2) is 26.0 Å². The highest BCUT2D eigenvalue weighted by molar-refractivity contribution is 7.91. The molecule has 0 radical (unpaired) electrons. The molecule has 7 heteroatoms. The van der Waals surface area contributed by atoms with Gasteiger partial charge in [0.05, 0.1) is 10.8 Å². The zero-order valence-corrected chi connectivity index (χ0v) is 12.5. The van der Waals surface area contributed by atoms with Crippen molar-refractivity contribution in [1.82, 2.24) is 5.32 Å². The Kier molecular flexibility index (Phi) is 4.63. The van der Waals surface area contributed by atoms with Gasteiger partial charge in [-0.2, -0.15) is 13.2 Å². The maximum atomic E-state index is 12.9. The molecule has 0 aromatic heterocycles. The number of benzene rings is 1. The quantitative estimate of drug-likeness (QED) is 0.927. The molecule has 0 amide bonds. The maximum Gasteiger partial charge on any atom is 0.416 e. The molecule has 1 saturated carbocycles. The third-order valence-corrected chi connectivity index (χ3v) is 5.54. The Morgan fingerprint density at radius 1 is 1.24 bits per heavy atom. The average molecular weight is 321 g/mol. The Morgan fingerprint density at radius 3 is 2.52 bits per heavy atom. The Labute approximate surface area is 122 Å². The summed E-state index contributed by atoms with van der Waals surface area (Å²) in [5.41, 5.74) is -0.532. The lowest BCUT2D eigenvalue weighted by Gasteiger charge is -2.21. The molecule has 1 aromatic rings. The van der Waals surface area contributed by atoms with Gasteiger partial charge in [0.25, 0.3) is 0 Å². The summed E-state index contributed by atoms with van der Waals surface area (Å²) in [7, 11) is -3.18. The van der Waals surface area contributed by atoms with Crippen LogP contribution >= 0.6 is 0 Å². The molecule has 2 atom stereocenters. The van der Waals surface area contributed by atoms with E-state index in [1.54, 1.807) is 6.07 Å². The number of hydrogen-bond acceptors (Lipinski definition) is 3. The zero-order chi connectivity index (χ0) is 15.7. The molecule has 118 valence electrons. The van der Waals surface area contributed by atoms with Crippen molar-refractivity contribution in [2.24, 2.45) is 0 Å². The summed E-state index contributed by atoms with van der Waals surface area (Å²) in [6.07, 6.45) is -1.20. The number of halogens is 3. The molecular weight excluding hydrogens is 303 g/mol. The molecule has 0 saturated heterocycles. The number of nitrogens with one attached hydrogen (secondary N) is 1. The van der Waals surface area contributed by atoms with E-state index in [1.807, 2.05) is 0 Å². The lowest BCUT2D eigenvalue weighted by molar-refractivity contribution is -0.138. The van der Waals surface area contributed by atoms with Crippen LogP contribution < -0.4 is 5.32 Å². The van der Waals surface area contributed by atoms with Crippen molar-refractivity contribution in [3.63, 3.8) is 0 Å². The first-order valence-electron chi connectivity index (χ1n) is 6.77. The minimum Gasteiger partial charge on any atom is -0.309 e. The van der Waals surface area contributed by atoms with Crippen molar-refractivity contribution in [2.45, 2.75) is 43.3 Å². The lowest BCUT2D eigenvalue weighted by Crippen LogP contribution is -2.39. The number of hydrogen-bond donors (Lipinski definition) is 1. The summed E-state index contributed by atoms with van der Waals surface area (Å²) in [4.78, 5) is 0. The van der Waals surface area contributed by atoms with Crippen molar-refractivity contribution >= 4 is 9.84 Å². The first-order valence-corrected chi connectivity index (χ1v) is 8.72. The van der Waals surface area contributed by atoms with E-state index >= 15 is 0 Å². The molecule has 1 aliphatic carbocycles. The van der Waals surface area contributed by atoms with Crippen LogP contribution in [0.5, 0.6) is 0 Å². The van der Waals surface area contributed by atoms with Crippen molar-refractivity contribution in [1.29, 1.82) is 0 Å². The van der Waals surface area contributed by atoms with E-state index < -0.39 is 26.8 Å². The van der Waals surface area contributed by atoms with E-state index in [0.717, 1.165) is 12.5 Å². The SMILES string of the molecule is CS(=O)(=O)C1CCCC1NCc1ccccc1C(F)(F)F. The van der Waals surface area contributed by atoms with Crippen LogP contribution in [0.2, 0.25) is 0 Å². The number of rotatable bonds is 4. The Balaban J connectivity index is 2.11. The van der Waals surface area contributed by atoms with E-state index in [4.69, 9.17) is 0 Å². The molecule has 0 aliphatic heterocycles. The van der Waals surface area contributed by atoms with E-state index in [0.29, 0.717) is 12.8 Å². The van der Waals surface area contributed by atoms with Gasteiger partial charge in [-0.05, 0) is 24.5 Å². The van der Waals surface area contributed by atoms with Crippen LogP contribution in [0.1, 0.15) is 30.4 Å². The minimum atomic E-state index is -4.40. The largest absolute Gasteiger partial charge is 0.416 e. The predicted molar refractivity (Wildman–Crippen MR) is 74.6 cm³/mol. The smallest absolute Gasteiger partial charge is 0.309 e. The zero-order valence-electron chi connectivity index (χ0n) is 11.7. The van der Waals surface area contributed by atoms with E-state index in [2.05, 4.69) is 5.32 Å². The highest BCUT2D eigenvalue weighted by atomic mass is 32.2. The van der Waals surface area contributed by atoms with Gasteiger partial charge in [0.1, 0.15) is 0 Å². The lowest BCUT2D eigenvalue weighted by atomic mass is 10.1. The fourth-order valence-corrected chi connectivity index (χ4v) is 4.29. The summed E-state index contributed by atoms with van der Waals surface area (Å²) in [6, 6.07) is 5.08. The molecule has 3 nitrogen and oxygen atoms in total. The highest BCUT2D eigenvalue weighted by Crippen LogP contribution is 2.32. The molecule has 0 heterocycles. The van der Waals surface area contributed by atoms with Crippen LogP contribution in [0.4, 0.5) is 13.2 Å². The molecular formula is C14H18F3NO2S. The Morgan fingerprint density at radius 2 is 1.90 bits per heavy atom. The second-order valence-corrected chi connectivity index (χ2v) is 7.71. The normalized spacial score (nSPS) is 23.4. The third-order valence-electron chi connectivity index (χ3n) is 3.88. The summed E-state index contributed by atoms with van der Waals surface area (Å²) < 4.78 is 62.0. The molecule has 1 N–H and O–H groups in total. The molecule has 1 aromatic carbocycles. The van der Waals surface area contributed by atoms with Gasteiger partial charge in [-0.25, -0.2) is 8.42 Å². The van der Waals surface area contributed by atoms with Gasteiger partial charge < -0.3 is 5.32 Å². The molecule has 2 rings (SSSR count). The van der Waals surface area contributed by atoms with Crippen LogP contribution in [0.15, 0.2) is 24.3 Å². The summed E-state index contributed by atoms with van der Waals surface area (Å²) in [5.74, 6) is 0. The molecule has 2 unspecified atom stereocenters. The standard InChI is InChI=1S/C14H18F3NO2S/c1-21(19,20)13-8-4-7-12(13)18-9-10-5-2-3-6-11(10)14(15,16)17/h2-3,5-6,12-13,18H,4,7-9H2,1H3. The number of sulfone groups is 1. The maximum absolute atomic E-state index is 12.9. The van der Waals surface area contributed by atoms with Crippen LogP contribution in [0, 0.1) is 0 Å². The van der Waals surface area contributed by atoms with Gasteiger partial charge in [-0.15, -0.1) is 0 Å². The molecule has 21 heavy (non-hydrogen) atoms. The van der Waals surface area contributed by atoms with Crippen LogP contribution in [-0.2, 0) is 22.6 Å². The van der Waals surface area contributed by atoms with Gasteiger partial charge >= 0.3 is 6.18 Å². The first kappa shape index (κ1) is 16.3. The third kappa shape index (κ3) is 3.97. The number of alkyl halides is 3. The predicted octanol–water partition coefficient (Wildman–Crippen LogP) is 2.76. The van der Waals surface area contributed by atoms with Gasteiger partial charge in [0.2, 0.25) is 0 Å². The molecule has 0 bridgehead atoms. The summed E-state index contributed by atoms with van der Waals surface area (Å²) in [6.45, 7) is 0.0202. The van der Waals surface area contributed by atoms with Crippen molar-refractivity contribution in [2.75, 3.05) is 6.26 Å². The van der Waals surface area contributed by atoms with E-state index in [-0.39, 0.29) is 18.2 Å². The van der Waals surface area contributed by atoms with Crippen LogP contribution in [0.25, 0.3) is 0 Å². The van der Waals surface area contributed by atoms with E-state index in [1.165, 1.54) is 18.4 Å². The topological polar surface area (TPSA) is 46.2 Å². The van der Waals surface area contributed by atoms with Gasteiger partial charge in [0.15, 0.2) is 9.84 Å². The second kappa shape index (κ2) is 5.96. The minimum absolute atomic E-state index is 0.0202. The van der Waals surface area contributed by atoms with Gasteiger partial charge in [0, 0.05) is 18.8 Å². The first-order chi connectivity index (χ1) is 9.69.